The molecule has 1 aliphatic rings. The van der Waals surface area contributed by atoms with Gasteiger partial charge in [0.1, 0.15) is 5.75 Å². The van der Waals surface area contributed by atoms with Crippen molar-refractivity contribution in [2.24, 2.45) is 5.73 Å². The molecule has 2 rings (SSSR count). The minimum atomic E-state index is 0.186. The van der Waals surface area contributed by atoms with Crippen molar-refractivity contribution < 1.29 is 5.11 Å². The van der Waals surface area contributed by atoms with Gasteiger partial charge in [0.15, 0.2) is 0 Å². The minimum absolute atomic E-state index is 0.186. The summed E-state index contributed by atoms with van der Waals surface area (Å²) in [6, 6.07) is 3.87. The Morgan fingerprint density at radius 1 is 1.54 bits per heavy atom. The van der Waals surface area contributed by atoms with Gasteiger partial charge in [-0.1, -0.05) is 6.92 Å². The second kappa shape index (κ2) is 3.04. The van der Waals surface area contributed by atoms with E-state index in [9.17, 15) is 5.11 Å². The first kappa shape index (κ1) is 8.57. The topological polar surface area (TPSA) is 46.2 Å². The summed E-state index contributed by atoms with van der Waals surface area (Å²) in [6.07, 6.45) is 2.98. The summed E-state index contributed by atoms with van der Waals surface area (Å²) in [7, 11) is 0. The van der Waals surface area contributed by atoms with E-state index in [1.165, 1.54) is 16.7 Å². The molecule has 2 heteroatoms. The number of rotatable bonds is 1. The zero-order chi connectivity index (χ0) is 9.42. The smallest absolute Gasteiger partial charge is 0.116 e. The van der Waals surface area contributed by atoms with Crippen LogP contribution in [0.3, 0.4) is 0 Å². The van der Waals surface area contributed by atoms with Crippen molar-refractivity contribution in [1.82, 2.24) is 0 Å². The average molecular weight is 177 g/mol. The molecule has 0 aromatic heterocycles. The Balaban J connectivity index is 2.57. The van der Waals surface area contributed by atoms with Gasteiger partial charge in [0.05, 0.1) is 0 Å². The Bertz CT molecular complexity index is 333. The van der Waals surface area contributed by atoms with E-state index in [1.54, 1.807) is 0 Å². The molecule has 0 amide bonds. The van der Waals surface area contributed by atoms with E-state index in [2.05, 4.69) is 6.92 Å². The molecule has 0 radical (unpaired) electrons. The van der Waals surface area contributed by atoms with Gasteiger partial charge in [-0.3, -0.25) is 0 Å². The van der Waals surface area contributed by atoms with Gasteiger partial charge in [0, 0.05) is 6.04 Å². The lowest BCUT2D eigenvalue weighted by Crippen LogP contribution is -2.07. The third-order valence-electron chi connectivity index (χ3n) is 2.81. The predicted molar refractivity (Wildman–Crippen MR) is 52.7 cm³/mol. The summed E-state index contributed by atoms with van der Waals surface area (Å²) >= 11 is 0. The standard InChI is InChI=1S/C11H15NO/c1-2-7-5-9(13)6-8-3-4-10(12)11(7)8/h5-6,10,13H,2-4,12H2,1H3. The van der Waals surface area contributed by atoms with E-state index in [0.29, 0.717) is 5.75 Å². The first-order valence-electron chi connectivity index (χ1n) is 4.82. The Morgan fingerprint density at radius 3 is 3.00 bits per heavy atom. The van der Waals surface area contributed by atoms with E-state index in [1.807, 2.05) is 12.1 Å². The number of hydrogen-bond donors (Lipinski definition) is 2. The van der Waals surface area contributed by atoms with Gasteiger partial charge in [-0.15, -0.1) is 0 Å². The van der Waals surface area contributed by atoms with Crippen LogP contribution in [-0.2, 0) is 12.8 Å². The Morgan fingerprint density at radius 2 is 2.31 bits per heavy atom. The molecular weight excluding hydrogens is 162 g/mol. The summed E-state index contributed by atoms with van der Waals surface area (Å²) < 4.78 is 0. The van der Waals surface area contributed by atoms with Crippen molar-refractivity contribution in [3.05, 3.63) is 28.8 Å². The minimum Gasteiger partial charge on any atom is -0.508 e. The number of hydrogen-bond acceptors (Lipinski definition) is 2. The zero-order valence-corrected chi connectivity index (χ0v) is 7.88. The third-order valence-corrected chi connectivity index (χ3v) is 2.81. The molecule has 0 saturated heterocycles. The maximum absolute atomic E-state index is 9.45. The first-order chi connectivity index (χ1) is 6.22. The number of phenolic OH excluding ortho intramolecular Hbond substituents is 1. The largest absolute Gasteiger partial charge is 0.508 e. The predicted octanol–water partition coefficient (Wildman–Crippen LogP) is 1.90. The summed E-state index contributed by atoms with van der Waals surface area (Å²) in [5.41, 5.74) is 9.72. The van der Waals surface area contributed by atoms with Crippen molar-refractivity contribution in [3.63, 3.8) is 0 Å². The fourth-order valence-corrected chi connectivity index (χ4v) is 2.19. The van der Waals surface area contributed by atoms with Crippen LogP contribution in [0, 0.1) is 0 Å². The highest BCUT2D eigenvalue weighted by atomic mass is 16.3. The molecular formula is C11H15NO. The number of aromatic hydroxyl groups is 1. The highest BCUT2D eigenvalue weighted by molar-refractivity contribution is 5.46. The molecule has 13 heavy (non-hydrogen) atoms. The van der Waals surface area contributed by atoms with Gasteiger partial charge in [-0.2, -0.15) is 0 Å². The molecule has 0 fully saturated rings. The number of phenols is 1. The molecule has 0 saturated carbocycles. The van der Waals surface area contributed by atoms with Crippen molar-refractivity contribution in [2.75, 3.05) is 0 Å². The third kappa shape index (κ3) is 1.31. The molecule has 70 valence electrons. The zero-order valence-electron chi connectivity index (χ0n) is 7.88. The van der Waals surface area contributed by atoms with Crippen molar-refractivity contribution in [3.8, 4) is 5.75 Å². The van der Waals surface area contributed by atoms with Gasteiger partial charge in [0.25, 0.3) is 0 Å². The van der Waals surface area contributed by atoms with Crippen LogP contribution in [-0.4, -0.2) is 5.11 Å². The molecule has 1 atom stereocenters. The van der Waals surface area contributed by atoms with Gasteiger partial charge >= 0.3 is 0 Å². The number of aryl methyl sites for hydroxylation is 2. The van der Waals surface area contributed by atoms with Gasteiger partial charge < -0.3 is 10.8 Å². The fourth-order valence-electron chi connectivity index (χ4n) is 2.19. The normalized spacial score (nSPS) is 20.3. The van der Waals surface area contributed by atoms with Gasteiger partial charge in [-0.25, -0.2) is 0 Å². The Hall–Kier alpha value is -1.02. The van der Waals surface area contributed by atoms with Crippen molar-refractivity contribution in [2.45, 2.75) is 32.2 Å². The Labute approximate surface area is 78.4 Å². The van der Waals surface area contributed by atoms with E-state index in [-0.39, 0.29) is 6.04 Å². The lowest BCUT2D eigenvalue weighted by molar-refractivity contribution is 0.474. The van der Waals surface area contributed by atoms with Crippen LogP contribution in [0.2, 0.25) is 0 Å². The number of benzene rings is 1. The monoisotopic (exact) mass is 177 g/mol. The summed E-state index contributed by atoms with van der Waals surface area (Å²) in [4.78, 5) is 0. The second-order valence-corrected chi connectivity index (χ2v) is 3.68. The van der Waals surface area contributed by atoms with Crippen LogP contribution in [0.25, 0.3) is 0 Å². The molecule has 0 bridgehead atoms. The molecule has 2 nitrogen and oxygen atoms in total. The molecule has 1 aromatic carbocycles. The van der Waals surface area contributed by atoms with E-state index in [4.69, 9.17) is 5.73 Å². The number of nitrogens with two attached hydrogens (primary N) is 1. The molecule has 1 aromatic rings. The second-order valence-electron chi connectivity index (χ2n) is 3.68. The lowest BCUT2D eigenvalue weighted by atomic mass is 9.99. The molecule has 0 heterocycles. The molecule has 0 aliphatic heterocycles. The SMILES string of the molecule is CCc1cc(O)cc2c1C(N)CC2. The Kier molecular flexibility index (Phi) is 2.00. The van der Waals surface area contributed by atoms with Crippen LogP contribution in [0.1, 0.15) is 36.1 Å². The van der Waals surface area contributed by atoms with Gasteiger partial charge in [0.2, 0.25) is 0 Å². The molecule has 0 spiro atoms. The maximum Gasteiger partial charge on any atom is 0.116 e. The van der Waals surface area contributed by atoms with E-state index in [0.717, 1.165) is 19.3 Å². The average Bonchev–Trinajstić information content (AvgIpc) is 2.46. The summed E-state index contributed by atoms with van der Waals surface area (Å²) in [6.45, 7) is 2.10. The van der Waals surface area contributed by atoms with Crippen LogP contribution < -0.4 is 5.73 Å². The molecule has 1 aliphatic carbocycles. The fraction of sp³-hybridized carbons (Fsp3) is 0.455. The maximum atomic E-state index is 9.45. The van der Waals surface area contributed by atoms with Crippen LogP contribution in [0.4, 0.5) is 0 Å². The summed E-state index contributed by atoms with van der Waals surface area (Å²) in [5.74, 6) is 0.379. The van der Waals surface area contributed by atoms with Crippen molar-refractivity contribution in [1.29, 1.82) is 0 Å². The van der Waals surface area contributed by atoms with Crippen molar-refractivity contribution >= 4 is 0 Å². The lowest BCUT2D eigenvalue weighted by Gasteiger charge is -2.11. The molecule has 3 N–H and O–H groups in total. The molecule has 1 unspecified atom stereocenters. The summed E-state index contributed by atoms with van der Waals surface area (Å²) in [5, 5.41) is 9.45. The van der Waals surface area contributed by atoms with E-state index >= 15 is 0 Å². The van der Waals surface area contributed by atoms with Crippen LogP contribution >= 0.6 is 0 Å². The van der Waals surface area contributed by atoms with Crippen LogP contribution in [0.15, 0.2) is 12.1 Å². The quantitative estimate of drug-likeness (QED) is 0.688. The number of fused-ring (bicyclic) bond motifs is 1. The first-order valence-corrected chi connectivity index (χ1v) is 4.82. The van der Waals surface area contributed by atoms with Gasteiger partial charge in [-0.05, 0) is 48.1 Å². The van der Waals surface area contributed by atoms with Crippen LogP contribution in [0.5, 0.6) is 5.75 Å². The highest BCUT2D eigenvalue weighted by Gasteiger charge is 2.22. The highest BCUT2D eigenvalue weighted by Crippen LogP contribution is 2.35. The van der Waals surface area contributed by atoms with E-state index < -0.39 is 0 Å².